The lowest BCUT2D eigenvalue weighted by Crippen LogP contribution is -2.25. The molecule has 0 spiro atoms. The van der Waals surface area contributed by atoms with Crippen LogP contribution >= 0.6 is 11.6 Å². The molecule has 0 unspecified atom stereocenters. The van der Waals surface area contributed by atoms with E-state index < -0.39 is 0 Å². The van der Waals surface area contributed by atoms with Crippen molar-refractivity contribution in [3.05, 3.63) is 46.6 Å². The Morgan fingerprint density at radius 1 is 1.15 bits per heavy atom. The molecule has 0 aliphatic carbocycles. The number of hydrogen-bond donors (Lipinski definition) is 0. The molecule has 0 aliphatic rings. The predicted octanol–water partition coefficient (Wildman–Crippen LogP) is 3.26. The third kappa shape index (κ3) is 3.84. The average Bonchev–Trinajstić information content (AvgIpc) is 2.44. The van der Waals surface area contributed by atoms with Crippen LogP contribution in [0, 0.1) is 13.8 Å². The molecule has 0 saturated carbocycles. The minimum Gasteiger partial charge on any atom is -0.492 e. The first-order valence-corrected chi connectivity index (χ1v) is 6.84. The third-order valence-corrected chi connectivity index (χ3v) is 3.37. The van der Waals surface area contributed by atoms with Crippen LogP contribution in [0.2, 0.25) is 5.02 Å². The molecule has 1 aromatic carbocycles. The Morgan fingerprint density at radius 2 is 1.85 bits per heavy atom. The highest BCUT2D eigenvalue weighted by molar-refractivity contribution is 6.30. The summed E-state index contributed by atoms with van der Waals surface area (Å²) in [5.41, 5.74) is 2.10. The summed E-state index contributed by atoms with van der Waals surface area (Å²) in [6.07, 6.45) is 0. The number of likely N-dealkylation sites (N-methyl/N-ethyl adjacent to an activating group) is 1. The van der Waals surface area contributed by atoms with Crippen LogP contribution in [0.25, 0.3) is 0 Å². The van der Waals surface area contributed by atoms with Crippen molar-refractivity contribution in [3.63, 3.8) is 0 Å². The number of hydrogen-bond acceptors (Lipinski definition) is 4. The van der Waals surface area contributed by atoms with Crippen molar-refractivity contribution in [1.29, 1.82) is 0 Å². The van der Waals surface area contributed by atoms with Crippen molar-refractivity contribution < 1.29 is 4.74 Å². The number of aryl methyl sites for hydroxylation is 2. The summed E-state index contributed by atoms with van der Waals surface area (Å²) < 4.78 is 5.66. The number of anilines is 1. The van der Waals surface area contributed by atoms with E-state index in [0.717, 1.165) is 29.4 Å². The topological polar surface area (TPSA) is 38.2 Å². The third-order valence-electron chi connectivity index (χ3n) is 3.12. The van der Waals surface area contributed by atoms with Crippen LogP contribution in [0.4, 0.5) is 5.82 Å². The molecule has 0 atom stereocenters. The summed E-state index contributed by atoms with van der Waals surface area (Å²) in [6.45, 7) is 5.30. The van der Waals surface area contributed by atoms with Gasteiger partial charge in [0, 0.05) is 12.1 Å². The van der Waals surface area contributed by atoms with E-state index in [1.165, 1.54) is 0 Å². The van der Waals surface area contributed by atoms with E-state index in [-0.39, 0.29) is 0 Å². The van der Waals surface area contributed by atoms with Crippen molar-refractivity contribution in [3.8, 4) is 5.75 Å². The Kier molecular flexibility index (Phi) is 4.79. The number of aromatic nitrogens is 2. The largest absolute Gasteiger partial charge is 0.492 e. The smallest absolute Gasteiger partial charge is 0.151 e. The molecule has 0 aliphatic heterocycles. The van der Waals surface area contributed by atoms with Gasteiger partial charge in [0.15, 0.2) is 5.82 Å². The van der Waals surface area contributed by atoms with Gasteiger partial charge in [-0.05, 0) is 49.7 Å². The summed E-state index contributed by atoms with van der Waals surface area (Å²) in [7, 11) is 1.98. The lowest BCUT2D eigenvalue weighted by molar-refractivity contribution is 0.325. The first kappa shape index (κ1) is 14.6. The first-order chi connectivity index (χ1) is 9.56. The highest BCUT2D eigenvalue weighted by Gasteiger charge is 2.05. The van der Waals surface area contributed by atoms with Gasteiger partial charge < -0.3 is 9.64 Å². The average molecular weight is 292 g/mol. The second-order valence-electron chi connectivity index (χ2n) is 4.69. The zero-order valence-electron chi connectivity index (χ0n) is 11.9. The fourth-order valence-corrected chi connectivity index (χ4v) is 1.79. The van der Waals surface area contributed by atoms with Gasteiger partial charge in [0.1, 0.15) is 12.4 Å². The molecule has 0 N–H and O–H groups in total. The van der Waals surface area contributed by atoms with E-state index in [1.807, 2.05) is 56.1 Å². The van der Waals surface area contributed by atoms with Crippen LogP contribution in [0.3, 0.4) is 0 Å². The Balaban J connectivity index is 1.87. The molecule has 0 bridgehead atoms. The van der Waals surface area contributed by atoms with Crippen LogP contribution in [-0.2, 0) is 0 Å². The number of nitrogens with zero attached hydrogens (tertiary/aromatic N) is 3. The summed E-state index contributed by atoms with van der Waals surface area (Å²) in [4.78, 5) is 2.02. The van der Waals surface area contributed by atoms with Gasteiger partial charge >= 0.3 is 0 Å². The van der Waals surface area contributed by atoms with Gasteiger partial charge in [0.2, 0.25) is 0 Å². The fraction of sp³-hybridized carbons (Fsp3) is 0.333. The fourth-order valence-electron chi connectivity index (χ4n) is 1.66. The van der Waals surface area contributed by atoms with Crippen molar-refractivity contribution >= 4 is 17.4 Å². The summed E-state index contributed by atoms with van der Waals surface area (Å²) in [5, 5.41) is 9.02. The van der Waals surface area contributed by atoms with Crippen LogP contribution in [0.5, 0.6) is 5.75 Å². The number of halogens is 1. The molecule has 0 fully saturated rings. The molecule has 20 heavy (non-hydrogen) atoms. The lowest BCUT2D eigenvalue weighted by atomic mass is 10.2. The van der Waals surface area contributed by atoms with Crippen molar-refractivity contribution in [2.45, 2.75) is 13.8 Å². The summed E-state index contributed by atoms with van der Waals surface area (Å²) in [6, 6.07) is 9.38. The summed E-state index contributed by atoms with van der Waals surface area (Å²) in [5.74, 6) is 1.67. The molecule has 0 amide bonds. The molecule has 106 valence electrons. The zero-order chi connectivity index (χ0) is 14.5. The molecular weight excluding hydrogens is 274 g/mol. The maximum absolute atomic E-state index is 5.82. The second kappa shape index (κ2) is 6.57. The molecular formula is C15H18ClN3O. The molecule has 2 rings (SSSR count). The quantitative estimate of drug-likeness (QED) is 0.847. The van der Waals surface area contributed by atoms with E-state index in [4.69, 9.17) is 16.3 Å². The Labute approximate surface area is 124 Å². The maximum Gasteiger partial charge on any atom is 0.151 e. The second-order valence-corrected chi connectivity index (χ2v) is 5.13. The Hall–Kier alpha value is -1.81. The van der Waals surface area contributed by atoms with Gasteiger partial charge in [-0.3, -0.25) is 0 Å². The number of benzene rings is 1. The van der Waals surface area contributed by atoms with Gasteiger partial charge in [-0.2, -0.15) is 5.10 Å². The normalized spacial score (nSPS) is 10.4. The van der Waals surface area contributed by atoms with Crippen LogP contribution in [0.1, 0.15) is 11.3 Å². The van der Waals surface area contributed by atoms with E-state index in [0.29, 0.717) is 11.6 Å². The molecule has 1 heterocycles. The van der Waals surface area contributed by atoms with E-state index >= 15 is 0 Å². The monoisotopic (exact) mass is 291 g/mol. The van der Waals surface area contributed by atoms with E-state index in [2.05, 4.69) is 10.2 Å². The van der Waals surface area contributed by atoms with Crippen LogP contribution < -0.4 is 9.64 Å². The molecule has 0 saturated heterocycles. The minimum atomic E-state index is 0.576. The van der Waals surface area contributed by atoms with Gasteiger partial charge in [0.05, 0.1) is 12.2 Å². The SMILES string of the molecule is Cc1cc(N(C)CCOc2ccc(Cl)cc2)nnc1C. The number of rotatable bonds is 5. The van der Waals surface area contributed by atoms with Gasteiger partial charge in [-0.15, -0.1) is 5.10 Å². The Morgan fingerprint density at radius 3 is 2.50 bits per heavy atom. The molecule has 4 nitrogen and oxygen atoms in total. The standard InChI is InChI=1S/C15H18ClN3O/c1-11-10-15(18-17-12(11)2)19(3)8-9-20-14-6-4-13(16)5-7-14/h4-7,10H,8-9H2,1-3H3. The molecule has 0 radical (unpaired) electrons. The van der Waals surface area contributed by atoms with Gasteiger partial charge in [-0.25, -0.2) is 0 Å². The van der Waals surface area contributed by atoms with E-state index in [1.54, 1.807) is 0 Å². The molecule has 5 heteroatoms. The minimum absolute atomic E-state index is 0.576. The Bertz CT molecular complexity index is 572. The predicted molar refractivity (Wildman–Crippen MR) is 81.7 cm³/mol. The van der Waals surface area contributed by atoms with Crippen LogP contribution in [0.15, 0.2) is 30.3 Å². The van der Waals surface area contributed by atoms with Gasteiger partial charge in [-0.1, -0.05) is 11.6 Å². The van der Waals surface area contributed by atoms with Crippen molar-refractivity contribution in [1.82, 2.24) is 10.2 Å². The number of ether oxygens (including phenoxy) is 1. The zero-order valence-corrected chi connectivity index (χ0v) is 12.7. The summed E-state index contributed by atoms with van der Waals surface area (Å²) >= 11 is 5.82. The van der Waals surface area contributed by atoms with Crippen molar-refractivity contribution in [2.75, 3.05) is 25.1 Å². The van der Waals surface area contributed by atoms with E-state index in [9.17, 15) is 0 Å². The van der Waals surface area contributed by atoms with Crippen LogP contribution in [-0.4, -0.2) is 30.4 Å². The first-order valence-electron chi connectivity index (χ1n) is 6.46. The molecule has 2 aromatic rings. The lowest BCUT2D eigenvalue weighted by Gasteiger charge is -2.18. The maximum atomic E-state index is 5.82. The molecule has 1 aromatic heterocycles. The van der Waals surface area contributed by atoms with Crippen molar-refractivity contribution in [2.24, 2.45) is 0 Å². The highest BCUT2D eigenvalue weighted by atomic mass is 35.5. The van der Waals surface area contributed by atoms with Gasteiger partial charge in [0.25, 0.3) is 0 Å². The highest BCUT2D eigenvalue weighted by Crippen LogP contribution is 2.16.